The molecule has 0 unspecified atom stereocenters. The van der Waals surface area contributed by atoms with Crippen molar-refractivity contribution in [2.45, 2.75) is 45.4 Å². The number of unbranched alkanes of at least 4 members (excludes halogenated alkanes) is 1. The van der Waals surface area contributed by atoms with Gasteiger partial charge in [-0.2, -0.15) is 0 Å². The van der Waals surface area contributed by atoms with E-state index in [4.69, 9.17) is 4.98 Å². The summed E-state index contributed by atoms with van der Waals surface area (Å²) in [5.41, 5.74) is 2.45. The lowest BCUT2D eigenvalue weighted by atomic mass is 10.1. The molecule has 1 fully saturated rings. The molecule has 0 radical (unpaired) electrons. The number of fused-ring (bicyclic) bond motifs is 1. The van der Waals surface area contributed by atoms with Gasteiger partial charge in [0.15, 0.2) is 0 Å². The van der Waals surface area contributed by atoms with Crippen LogP contribution in [0.1, 0.15) is 43.9 Å². The van der Waals surface area contributed by atoms with Gasteiger partial charge in [0.05, 0.1) is 12.5 Å². The number of rotatable bonds is 8. The summed E-state index contributed by atoms with van der Waals surface area (Å²) in [6, 6.07) is 4.32. The third-order valence-electron chi connectivity index (χ3n) is 5.20. The molecule has 0 spiro atoms. The number of aromatic nitrogens is 1. The second-order valence-corrected chi connectivity index (χ2v) is 7.51. The van der Waals surface area contributed by atoms with Gasteiger partial charge in [0.2, 0.25) is 5.91 Å². The Morgan fingerprint density at radius 2 is 2.23 bits per heavy atom. The average molecular weight is 358 g/mol. The second kappa shape index (κ2) is 9.12. The van der Waals surface area contributed by atoms with Crippen LogP contribution >= 0.6 is 0 Å². The summed E-state index contributed by atoms with van der Waals surface area (Å²) >= 11 is 0. The van der Waals surface area contributed by atoms with Crippen LogP contribution in [0.4, 0.5) is 5.82 Å². The van der Waals surface area contributed by atoms with Crippen LogP contribution in [0.2, 0.25) is 0 Å². The van der Waals surface area contributed by atoms with Crippen molar-refractivity contribution < 1.29 is 9.59 Å². The molecule has 2 N–H and O–H groups in total. The first-order valence-electron chi connectivity index (χ1n) is 9.84. The maximum absolute atomic E-state index is 12.2. The van der Waals surface area contributed by atoms with E-state index in [2.05, 4.69) is 27.7 Å². The third kappa shape index (κ3) is 5.27. The lowest BCUT2D eigenvalue weighted by molar-refractivity contribution is -0.125. The summed E-state index contributed by atoms with van der Waals surface area (Å²) in [5.74, 6) is 1.38. The first-order chi connectivity index (χ1) is 12.6. The number of aryl methyl sites for hydroxylation is 2. The number of Topliss-reactive ketones (excluding diaryl/α,β-unsaturated/α-hetero) is 1. The highest BCUT2D eigenvalue weighted by molar-refractivity contribution is 5.80. The van der Waals surface area contributed by atoms with E-state index in [1.54, 1.807) is 6.92 Å². The van der Waals surface area contributed by atoms with Gasteiger partial charge in [-0.15, -0.1) is 0 Å². The molecule has 6 heteroatoms. The highest BCUT2D eigenvalue weighted by Crippen LogP contribution is 2.20. The number of likely N-dealkylation sites (tertiary alicyclic amines) is 1. The van der Waals surface area contributed by atoms with Crippen LogP contribution in [0.15, 0.2) is 12.1 Å². The minimum Gasteiger partial charge on any atom is -0.370 e. The smallest absolute Gasteiger partial charge is 0.224 e. The molecule has 1 amide bonds. The van der Waals surface area contributed by atoms with Crippen LogP contribution in [0, 0.1) is 5.92 Å². The van der Waals surface area contributed by atoms with Gasteiger partial charge in [-0.05, 0) is 63.6 Å². The largest absolute Gasteiger partial charge is 0.370 e. The van der Waals surface area contributed by atoms with E-state index in [0.717, 1.165) is 56.7 Å². The standard InChI is InChI=1S/C20H30N4O2/c1-15(25)13-24-12-9-17(14-24)20(26)22-10-3-2-6-18-8-7-16-5-4-11-21-19(16)23-18/h7-8,17H,2-6,9-14H2,1H3,(H,21,23)(H,22,26)/t17-/m1/s1. The van der Waals surface area contributed by atoms with E-state index < -0.39 is 0 Å². The Bertz CT molecular complexity index is 647. The number of anilines is 1. The molecule has 2 aliphatic heterocycles. The zero-order chi connectivity index (χ0) is 18.4. The predicted octanol–water partition coefficient (Wildman–Crippen LogP) is 1.79. The first-order valence-corrected chi connectivity index (χ1v) is 9.84. The van der Waals surface area contributed by atoms with Crippen molar-refractivity contribution in [2.24, 2.45) is 5.92 Å². The zero-order valence-corrected chi connectivity index (χ0v) is 15.7. The summed E-state index contributed by atoms with van der Waals surface area (Å²) in [4.78, 5) is 30.2. The fourth-order valence-electron chi connectivity index (χ4n) is 3.80. The number of nitrogens with zero attached hydrogens (tertiary/aromatic N) is 2. The van der Waals surface area contributed by atoms with E-state index in [-0.39, 0.29) is 17.6 Å². The number of ketones is 1. The summed E-state index contributed by atoms with van der Waals surface area (Å²) in [7, 11) is 0. The van der Waals surface area contributed by atoms with E-state index in [1.807, 2.05) is 0 Å². The molecule has 3 heterocycles. The SMILES string of the molecule is CC(=O)CN1CC[C@@H](C(=O)NCCCCc2ccc3c(n2)NCCC3)C1. The average Bonchev–Trinajstić information content (AvgIpc) is 3.09. The van der Waals surface area contributed by atoms with Gasteiger partial charge in [-0.3, -0.25) is 14.5 Å². The number of carbonyl (C=O) groups excluding carboxylic acids is 2. The van der Waals surface area contributed by atoms with Crippen molar-refractivity contribution >= 4 is 17.5 Å². The fraction of sp³-hybridized carbons (Fsp3) is 0.650. The molecule has 1 saturated heterocycles. The summed E-state index contributed by atoms with van der Waals surface area (Å²) < 4.78 is 0. The molecule has 6 nitrogen and oxygen atoms in total. The zero-order valence-electron chi connectivity index (χ0n) is 15.7. The molecule has 26 heavy (non-hydrogen) atoms. The number of amides is 1. The molecule has 142 valence electrons. The Hall–Kier alpha value is -1.95. The van der Waals surface area contributed by atoms with Crippen molar-refractivity contribution in [3.05, 3.63) is 23.4 Å². The maximum Gasteiger partial charge on any atom is 0.224 e. The molecule has 0 bridgehead atoms. The van der Waals surface area contributed by atoms with Crippen molar-refractivity contribution in [3.63, 3.8) is 0 Å². The summed E-state index contributed by atoms with van der Waals surface area (Å²) in [6.45, 7) is 5.34. The molecule has 1 aromatic rings. The molecule has 0 aromatic carbocycles. The summed E-state index contributed by atoms with van der Waals surface area (Å²) in [6.07, 6.45) is 6.08. The number of nitrogens with one attached hydrogen (secondary N) is 2. The molecule has 0 aliphatic carbocycles. The lowest BCUT2D eigenvalue weighted by Gasteiger charge is -2.17. The van der Waals surface area contributed by atoms with E-state index in [0.29, 0.717) is 19.6 Å². The lowest BCUT2D eigenvalue weighted by Crippen LogP contribution is -2.34. The topological polar surface area (TPSA) is 74.3 Å². The van der Waals surface area contributed by atoms with E-state index >= 15 is 0 Å². The second-order valence-electron chi connectivity index (χ2n) is 7.51. The predicted molar refractivity (Wildman–Crippen MR) is 102 cm³/mol. The van der Waals surface area contributed by atoms with Gasteiger partial charge in [-0.25, -0.2) is 4.98 Å². The molecule has 0 saturated carbocycles. The van der Waals surface area contributed by atoms with Crippen LogP contribution in [0.5, 0.6) is 0 Å². The molecule has 3 rings (SSSR count). The number of carbonyl (C=O) groups is 2. The normalized spacial score (nSPS) is 19.7. The van der Waals surface area contributed by atoms with Crippen molar-refractivity contribution in [1.29, 1.82) is 0 Å². The van der Waals surface area contributed by atoms with Crippen LogP contribution in [0.25, 0.3) is 0 Å². The third-order valence-corrected chi connectivity index (χ3v) is 5.20. The molecule has 2 aliphatic rings. The van der Waals surface area contributed by atoms with Gasteiger partial charge in [0, 0.05) is 25.3 Å². The van der Waals surface area contributed by atoms with E-state index in [1.165, 1.54) is 12.0 Å². The molecular weight excluding hydrogens is 328 g/mol. The Morgan fingerprint density at radius 1 is 1.35 bits per heavy atom. The Labute approximate surface area is 155 Å². The van der Waals surface area contributed by atoms with Crippen LogP contribution in [-0.4, -0.2) is 54.3 Å². The minimum atomic E-state index is 0.0303. The van der Waals surface area contributed by atoms with Gasteiger partial charge in [0.1, 0.15) is 11.6 Å². The van der Waals surface area contributed by atoms with Gasteiger partial charge < -0.3 is 10.6 Å². The summed E-state index contributed by atoms with van der Waals surface area (Å²) in [5, 5.41) is 6.42. The first kappa shape index (κ1) is 18.8. The Balaban J connectivity index is 1.32. The number of hydrogen-bond acceptors (Lipinski definition) is 5. The highest BCUT2D eigenvalue weighted by Gasteiger charge is 2.28. The molecule has 1 atom stereocenters. The van der Waals surface area contributed by atoms with E-state index in [9.17, 15) is 9.59 Å². The number of pyridine rings is 1. The minimum absolute atomic E-state index is 0.0303. The van der Waals surface area contributed by atoms with Crippen molar-refractivity contribution in [3.8, 4) is 0 Å². The highest BCUT2D eigenvalue weighted by atomic mass is 16.2. The van der Waals surface area contributed by atoms with Crippen molar-refractivity contribution in [1.82, 2.24) is 15.2 Å². The van der Waals surface area contributed by atoms with Crippen molar-refractivity contribution in [2.75, 3.05) is 38.0 Å². The quantitative estimate of drug-likeness (QED) is 0.693. The Morgan fingerprint density at radius 3 is 3.08 bits per heavy atom. The number of hydrogen-bond donors (Lipinski definition) is 2. The van der Waals surface area contributed by atoms with Crippen LogP contribution < -0.4 is 10.6 Å². The molecule has 1 aromatic heterocycles. The Kier molecular flexibility index (Phi) is 6.61. The molecular formula is C20H30N4O2. The monoisotopic (exact) mass is 358 g/mol. The van der Waals surface area contributed by atoms with Crippen LogP contribution in [0.3, 0.4) is 0 Å². The van der Waals surface area contributed by atoms with Crippen LogP contribution in [-0.2, 0) is 22.4 Å². The van der Waals surface area contributed by atoms with Gasteiger partial charge >= 0.3 is 0 Å². The van der Waals surface area contributed by atoms with Gasteiger partial charge in [0.25, 0.3) is 0 Å². The fourth-order valence-corrected chi connectivity index (χ4v) is 3.80. The van der Waals surface area contributed by atoms with Gasteiger partial charge in [-0.1, -0.05) is 6.07 Å². The maximum atomic E-state index is 12.2.